The van der Waals surface area contributed by atoms with Crippen molar-refractivity contribution < 1.29 is 13.9 Å². The van der Waals surface area contributed by atoms with Crippen molar-refractivity contribution in [3.05, 3.63) is 47.3 Å². The molecule has 0 aliphatic carbocycles. The molecule has 2 rings (SSSR count). The highest BCUT2D eigenvalue weighted by atomic mass is 19.1. The van der Waals surface area contributed by atoms with Gasteiger partial charge in [0, 0.05) is 0 Å². The standard InChI is InChI=1S/C13H12FNO2/c1-2-17-13(16)10-7-12(15-8-10)9-3-5-11(14)6-4-9/h3-7H,2,8H2,1H3. The van der Waals surface area contributed by atoms with Gasteiger partial charge in [0.1, 0.15) is 5.82 Å². The molecular weight excluding hydrogens is 221 g/mol. The zero-order chi connectivity index (χ0) is 12.3. The van der Waals surface area contributed by atoms with Crippen LogP contribution in [0.15, 0.2) is 40.9 Å². The van der Waals surface area contributed by atoms with Gasteiger partial charge >= 0.3 is 5.97 Å². The number of esters is 1. The van der Waals surface area contributed by atoms with Crippen LogP contribution < -0.4 is 0 Å². The lowest BCUT2D eigenvalue weighted by Crippen LogP contribution is -2.08. The Labute approximate surface area is 98.6 Å². The van der Waals surface area contributed by atoms with Gasteiger partial charge in [-0.1, -0.05) is 0 Å². The third kappa shape index (κ3) is 2.58. The third-order valence-electron chi connectivity index (χ3n) is 2.41. The maximum atomic E-state index is 12.7. The van der Waals surface area contributed by atoms with Crippen molar-refractivity contribution in [2.75, 3.05) is 13.2 Å². The molecule has 1 heterocycles. The molecule has 0 fully saturated rings. The van der Waals surface area contributed by atoms with Crippen LogP contribution in [0.5, 0.6) is 0 Å². The van der Waals surface area contributed by atoms with Crippen LogP contribution in [-0.2, 0) is 9.53 Å². The summed E-state index contributed by atoms with van der Waals surface area (Å²) in [5.74, 6) is -0.629. The van der Waals surface area contributed by atoms with E-state index in [0.29, 0.717) is 24.4 Å². The molecule has 0 aromatic heterocycles. The second kappa shape index (κ2) is 4.91. The van der Waals surface area contributed by atoms with E-state index in [1.807, 2.05) is 0 Å². The minimum atomic E-state index is -0.339. The van der Waals surface area contributed by atoms with Crippen LogP contribution in [0.4, 0.5) is 4.39 Å². The van der Waals surface area contributed by atoms with Gasteiger partial charge in [-0.3, -0.25) is 4.99 Å². The summed E-state index contributed by atoms with van der Waals surface area (Å²) in [6, 6.07) is 6.01. The van der Waals surface area contributed by atoms with Crippen molar-refractivity contribution in [3.8, 4) is 0 Å². The Morgan fingerprint density at radius 1 is 1.41 bits per heavy atom. The van der Waals surface area contributed by atoms with Crippen LogP contribution in [0.2, 0.25) is 0 Å². The van der Waals surface area contributed by atoms with Crippen molar-refractivity contribution >= 4 is 11.7 Å². The Morgan fingerprint density at radius 2 is 2.12 bits per heavy atom. The highest BCUT2D eigenvalue weighted by molar-refractivity contribution is 6.14. The summed E-state index contributed by atoms with van der Waals surface area (Å²) in [7, 11) is 0. The molecule has 88 valence electrons. The van der Waals surface area contributed by atoms with Crippen LogP contribution in [0.3, 0.4) is 0 Å². The minimum absolute atomic E-state index is 0.290. The fourth-order valence-corrected chi connectivity index (χ4v) is 1.57. The first-order valence-corrected chi connectivity index (χ1v) is 5.39. The number of allylic oxidation sites excluding steroid dienone is 1. The predicted octanol–water partition coefficient (Wildman–Crippen LogP) is 2.12. The molecule has 0 saturated heterocycles. The van der Waals surface area contributed by atoms with E-state index in [-0.39, 0.29) is 11.8 Å². The molecule has 0 spiro atoms. The Balaban J connectivity index is 2.15. The van der Waals surface area contributed by atoms with Crippen LogP contribution >= 0.6 is 0 Å². The quantitative estimate of drug-likeness (QED) is 0.750. The second-order valence-corrected chi connectivity index (χ2v) is 3.60. The molecule has 0 radical (unpaired) electrons. The summed E-state index contributed by atoms with van der Waals surface area (Å²) < 4.78 is 17.6. The Morgan fingerprint density at radius 3 is 2.76 bits per heavy atom. The zero-order valence-electron chi connectivity index (χ0n) is 9.44. The lowest BCUT2D eigenvalue weighted by atomic mass is 10.1. The van der Waals surface area contributed by atoms with Crippen molar-refractivity contribution in [1.82, 2.24) is 0 Å². The molecular formula is C13H12FNO2. The number of benzene rings is 1. The first-order valence-electron chi connectivity index (χ1n) is 5.39. The highest BCUT2D eigenvalue weighted by Gasteiger charge is 2.17. The number of nitrogens with zero attached hydrogens (tertiary/aromatic N) is 1. The number of carbonyl (C=O) groups is 1. The summed E-state index contributed by atoms with van der Waals surface area (Å²) in [4.78, 5) is 15.7. The highest BCUT2D eigenvalue weighted by Crippen LogP contribution is 2.14. The number of carbonyl (C=O) groups excluding carboxylic acids is 1. The normalized spacial score (nSPS) is 14.2. The van der Waals surface area contributed by atoms with Crippen molar-refractivity contribution in [2.45, 2.75) is 6.92 Å². The topological polar surface area (TPSA) is 38.7 Å². The van der Waals surface area contributed by atoms with E-state index >= 15 is 0 Å². The lowest BCUT2D eigenvalue weighted by Gasteiger charge is -1.99. The Bertz CT molecular complexity index is 489. The van der Waals surface area contributed by atoms with E-state index in [4.69, 9.17) is 4.74 Å². The van der Waals surface area contributed by atoms with Gasteiger partial charge in [0.15, 0.2) is 0 Å². The van der Waals surface area contributed by atoms with Gasteiger partial charge < -0.3 is 4.74 Å². The van der Waals surface area contributed by atoms with E-state index in [0.717, 1.165) is 5.56 Å². The van der Waals surface area contributed by atoms with Crippen LogP contribution in [0.25, 0.3) is 0 Å². The molecule has 17 heavy (non-hydrogen) atoms. The van der Waals surface area contributed by atoms with Gasteiger partial charge in [-0.15, -0.1) is 0 Å². The van der Waals surface area contributed by atoms with Gasteiger partial charge in [0.05, 0.1) is 24.4 Å². The fraction of sp³-hybridized carbons (Fsp3) is 0.231. The Hall–Kier alpha value is -1.97. The average molecular weight is 233 g/mol. The van der Waals surface area contributed by atoms with E-state index < -0.39 is 0 Å². The van der Waals surface area contributed by atoms with Gasteiger partial charge in [0.25, 0.3) is 0 Å². The Kier molecular flexibility index (Phi) is 3.32. The van der Waals surface area contributed by atoms with Crippen molar-refractivity contribution in [3.63, 3.8) is 0 Å². The second-order valence-electron chi connectivity index (χ2n) is 3.60. The molecule has 1 aromatic rings. The molecule has 0 N–H and O–H groups in total. The third-order valence-corrected chi connectivity index (χ3v) is 2.41. The van der Waals surface area contributed by atoms with E-state index in [2.05, 4.69) is 4.99 Å². The van der Waals surface area contributed by atoms with Gasteiger partial charge in [-0.05, 0) is 42.8 Å². The number of hydrogen-bond donors (Lipinski definition) is 0. The molecule has 1 aromatic carbocycles. The molecule has 1 aliphatic rings. The summed E-state index contributed by atoms with van der Waals surface area (Å²) in [6.45, 7) is 2.43. The summed E-state index contributed by atoms with van der Waals surface area (Å²) in [6.07, 6.45) is 1.69. The van der Waals surface area contributed by atoms with Gasteiger partial charge in [-0.2, -0.15) is 0 Å². The van der Waals surface area contributed by atoms with E-state index in [1.165, 1.54) is 12.1 Å². The number of aliphatic imine (C=N–C) groups is 1. The summed E-state index contributed by atoms with van der Waals surface area (Å²) in [5.41, 5.74) is 2.02. The van der Waals surface area contributed by atoms with Crippen LogP contribution in [0.1, 0.15) is 12.5 Å². The first kappa shape index (κ1) is 11.5. The molecule has 0 bridgehead atoms. The van der Waals surface area contributed by atoms with E-state index in [1.54, 1.807) is 25.1 Å². The van der Waals surface area contributed by atoms with Crippen molar-refractivity contribution in [1.29, 1.82) is 0 Å². The number of rotatable bonds is 3. The van der Waals surface area contributed by atoms with Gasteiger partial charge in [0.2, 0.25) is 0 Å². The maximum Gasteiger partial charge on any atom is 0.335 e. The largest absolute Gasteiger partial charge is 0.463 e. The zero-order valence-corrected chi connectivity index (χ0v) is 9.44. The molecule has 3 nitrogen and oxygen atoms in total. The van der Waals surface area contributed by atoms with Crippen molar-refractivity contribution in [2.24, 2.45) is 4.99 Å². The molecule has 4 heteroatoms. The van der Waals surface area contributed by atoms with Gasteiger partial charge in [-0.25, -0.2) is 9.18 Å². The van der Waals surface area contributed by atoms with Crippen LogP contribution in [-0.4, -0.2) is 24.8 Å². The summed E-state index contributed by atoms with van der Waals surface area (Å²) >= 11 is 0. The van der Waals surface area contributed by atoms with E-state index in [9.17, 15) is 9.18 Å². The fourth-order valence-electron chi connectivity index (χ4n) is 1.57. The predicted molar refractivity (Wildman–Crippen MR) is 62.5 cm³/mol. The molecule has 1 aliphatic heterocycles. The first-order chi connectivity index (χ1) is 8.20. The number of hydrogen-bond acceptors (Lipinski definition) is 3. The smallest absolute Gasteiger partial charge is 0.335 e. The molecule has 0 amide bonds. The molecule has 0 saturated carbocycles. The number of halogens is 1. The maximum absolute atomic E-state index is 12.7. The average Bonchev–Trinajstić information content (AvgIpc) is 2.80. The summed E-state index contributed by atoms with van der Waals surface area (Å²) in [5, 5.41) is 0. The number of ether oxygens (including phenoxy) is 1. The van der Waals surface area contributed by atoms with Crippen LogP contribution in [0, 0.1) is 5.82 Å². The minimum Gasteiger partial charge on any atom is -0.463 e. The monoisotopic (exact) mass is 233 g/mol. The molecule has 0 unspecified atom stereocenters. The lowest BCUT2D eigenvalue weighted by molar-refractivity contribution is -0.138. The molecule has 0 atom stereocenters. The SMILES string of the molecule is CCOC(=O)C1=CC(c2ccc(F)cc2)=NC1.